The van der Waals surface area contributed by atoms with Gasteiger partial charge in [-0.2, -0.15) is 0 Å². The van der Waals surface area contributed by atoms with Crippen LogP contribution in [0, 0.1) is 32.4 Å². The molecule has 11 heteroatoms. The number of halogens is 2. The number of carbonyl (C=O) groups excluding carboxylic acids is 2. The molecule has 0 bridgehead atoms. The second-order valence-corrected chi connectivity index (χ2v) is 22.0. The molecule has 0 saturated heterocycles. The Hall–Kier alpha value is -5.84. The molecule has 9 nitrogen and oxygen atoms in total. The second kappa shape index (κ2) is 38.0. The molecule has 0 aliphatic rings. The topological polar surface area (TPSA) is 106 Å². The van der Waals surface area contributed by atoms with Crippen molar-refractivity contribution in [3.05, 3.63) is 113 Å². The number of esters is 2. The molecule has 0 amide bonds. The first-order valence-corrected chi connectivity index (χ1v) is 31.0. The molecule has 3 aromatic carbocycles. The molecule has 0 spiro atoms. The molecular weight excluding hydrogens is 1010 g/mol. The molecule has 5 rings (SSSR count). The minimum Gasteiger partial charge on any atom is -0.493 e. The highest BCUT2D eigenvalue weighted by Gasteiger charge is 2.20. The number of hydrogen-bond acceptors (Lipinski definition) is 9. The number of benzene rings is 3. The molecule has 5 aromatic rings. The van der Waals surface area contributed by atoms with E-state index in [0.29, 0.717) is 42.8 Å². The van der Waals surface area contributed by atoms with Crippen molar-refractivity contribution in [3.63, 3.8) is 0 Å². The second-order valence-electron chi connectivity index (χ2n) is 22.0. The van der Waals surface area contributed by atoms with Gasteiger partial charge in [0.05, 0.1) is 42.3 Å². The van der Waals surface area contributed by atoms with Crippen molar-refractivity contribution in [2.75, 3.05) is 19.8 Å². The van der Waals surface area contributed by atoms with Crippen molar-refractivity contribution in [1.82, 2.24) is 9.97 Å². The van der Waals surface area contributed by atoms with Gasteiger partial charge in [-0.1, -0.05) is 194 Å². The summed E-state index contributed by atoms with van der Waals surface area (Å²) < 4.78 is 61.4. The maximum Gasteiger partial charge on any atom is 0.345 e. The predicted molar refractivity (Wildman–Crippen MR) is 322 cm³/mol. The Morgan fingerprint density at radius 3 is 1.07 bits per heavy atom. The first-order chi connectivity index (χ1) is 39.0. The Morgan fingerprint density at radius 2 is 0.713 bits per heavy atom. The molecule has 0 fully saturated rings. The van der Waals surface area contributed by atoms with Gasteiger partial charge in [-0.15, -0.1) is 0 Å². The molecule has 438 valence electrons. The number of unbranched alkanes of at least 4 members (excludes halogenated alkanes) is 27. The molecule has 0 N–H and O–H groups in total. The Labute approximate surface area is 479 Å². The van der Waals surface area contributed by atoms with Gasteiger partial charge in [0, 0.05) is 35.7 Å². The summed E-state index contributed by atoms with van der Waals surface area (Å²) in [4.78, 5) is 35.6. The zero-order valence-corrected chi connectivity index (χ0v) is 49.8. The lowest BCUT2D eigenvalue weighted by molar-refractivity contribution is 0.0724. The van der Waals surface area contributed by atoms with Gasteiger partial charge in [0.2, 0.25) is 0 Å². The van der Waals surface area contributed by atoms with Gasteiger partial charge in [0.25, 0.3) is 0 Å². The van der Waals surface area contributed by atoms with Crippen LogP contribution in [0.1, 0.15) is 251 Å². The SMILES string of the molecule is CCCCCCCCCCCCOc1cc(OC(=O)c2ccc(-c3cc(-c4ccc(C(=O)Oc5cc(C)c(OCCCCCCCCCCCC)c(C)c5)cn4)c(F)cc3F)nc2)cc(C)c1OCCCCCCCCCCCC. The molecule has 80 heavy (non-hydrogen) atoms. The van der Waals surface area contributed by atoms with Crippen LogP contribution in [0.25, 0.3) is 22.5 Å². The van der Waals surface area contributed by atoms with Crippen LogP contribution in [0.3, 0.4) is 0 Å². The summed E-state index contributed by atoms with van der Waals surface area (Å²) in [5.74, 6) is -0.285. The van der Waals surface area contributed by atoms with Gasteiger partial charge in [-0.25, -0.2) is 18.4 Å². The van der Waals surface area contributed by atoms with Gasteiger partial charge in [-0.05, 0) is 105 Å². The van der Waals surface area contributed by atoms with Crippen molar-refractivity contribution in [3.8, 4) is 51.3 Å². The number of aryl methyl sites for hydroxylation is 3. The highest BCUT2D eigenvalue weighted by molar-refractivity contribution is 5.92. The van der Waals surface area contributed by atoms with E-state index in [9.17, 15) is 9.59 Å². The molecule has 0 aliphatic heterocycles. The molecule has 0 radical (unpaired) electrons. The summed E-state index contributed by atoms with van der Waals surface area (Å²) in [6.07, 6.45) is 39.8. The van der Waals surface area contributed by atoms with E-state index in [4.69, 9.17) is 23.7 Å². The zero-order chi connectivity index (χ0) is 57.2. The van der Waals surface area contributed by atoms with Crippen molar-refractivity contribution < 1.29 is 42.1 Å². The summed E-state index contributed by atoms with van der Waals surface area (Å²) in [7, 11) is 0. The normalized spacial score (nSPS) is 11.2. The quantitative estimate of drug-likeness (QED) is 0.0215. The number of ether oxygens (including phenoxy) is 5. The fourth-order valence-electron chi connectivity index (χ4n) is 10.2. The molecule has 0 aliphatic carbocycles. The van der Waals surface area contributed by atoms with E-state index in [1.54, 1.807) is 24.3 Å². The molecule has 0 saturated carbocycles. The lowest BCUT2D eigenvalue weighted by Gasteiger charge is -2.17. The molecule has 2 heterocycles. The van der Waals surface area contributed by atoms with E-state index in [-0.39, 0.29) is 33.6 Å². The first-order valence-electron chi connectivity index (χ1n) is 31.0. The van der Waals surface area contributed by atoms with Crippen LogP contribution in [0.5, 0.6) is 28.7 Å². The number of aromatic nitrogens is 2. The van der Waals surface area contributed by atoms with Crippen LogP contribution in [0.2, 0.25) is 0 Å². The highest BCUT2D eigenvalue weighted by atomic mass is 19.1. The van der Waals surface area contributed by atoms with E-state index in [1.807, 2.05) is 20.8 Å². The monoisotopic (exact) mass is 1100 g/mol. The fraction of sp³-hybridized carbons (Fsp3) is 0.565. The number of carbonyl (C=O) groups is 2. The standard InChI is InChI=1S/C69H96F2N2O7/c1-7-10-13-16-19-22-25-28-31-34-41-76-65-47-58(46-54(6)67(65)78-43-36-33-30-27-24-21-18-15-12-9-3)80-69(75)56-38-40-64(73-51-56)60-48-59(61(70)49-62(60)71)63-39-37-55(50-72-63)68(74)79-57-44-52(4)66(53(5)45-57)77-42-35-32-29-26-23-20-17-14-11-8-2/h37-40,44-51H,7-36,41-43H2,1-6H3. The summed E-state index contributed by atoms with van der Waals surface area (Å²) in [6.45, 7) is 14.3. The minimum atomic E-state index is -0.841. The van der Waals surface area contributed by atoms with E-state index < -0.39 is 23.6 Å². The summed E-state index contributed by atoms with van der Waals surface area (Å²) in [5.41, 5.74) is 3.18. The van der Waals surface area contributed by atoms with Crippen molar-refractivity contribution in [2.24, 2.45) is 0 Å². The Kier molecular flexibility index (Phi) is 30.8. The van der Waals surface area contributed by atoms with Crippen LogP contribution in [-0.2, 0) is 0 Å². The Balaban J connectivity index is 1.15. The van der Waals surface area contributed by atoms with Gasteiger partial charge >= 0.3 is 11.9 Å². The smallest absolute Gasteiger partial charge is 0.345 e. The zero-order valence-electron chi connectivity index (χ0n) is 49.8. The maximum absolute atomic E-state index is 15.5. The maximum atomic E-state index is 15.5. The number of nitrogens with zero attached hydrogens (tertiary/aromatic N) is 2. The molecular formula is C69H96F2N2O7. The number of rotatable bonds is 42. The lowest BCUT2D eigenvalue weighted by atomic mass is 10.0. The van der Waals surface area contributed by atoms with Crippen LogP contribution < -0.4 is 23.7 Å². The van der Waals surface area contributed by atoms with Gasteiger partial charge in [-0.3, -0.25) is 9.97 Å². The van der Waals surface area contributed by atoms with Crippen LogP contribution in [-0.4, -0.2) is 41.7 Å². The fourth-order valence-corrected chi connectivity index (χ4v) is 10.2. The molecule has 0 unspecified atom stereocenters. The predicted octanol–water partition coefficient (Wildman–Crippen LogP) is 20.4. The van der Waals surface area contributed by atoms with Gasteiger partial charge in [0.1, 0.15) is 28.9 Å². The van der Waals surface area contributed by atoms with Crippen molar-refractivity contribution in [1.29, 1.82) is 0 Å². The summed E-state index contributed by atoms with van der Waals surface area (Å²) in [5, 5.41) is 0. The Bertz CT molecular complexity index is 2540. The average Bonchev–Trinajstić information content (AvgIpc) is 3.44. The minimum absolute atomic E-state index is 0.00138. The van der Waals surface area contributed by atoms with E-state index in [1.165, 1.54) is 197 Å². The summed E-state index contributed by atoms with van der Waals surface area (Å²) >= 11 is 0. The average molecular weight is 1100 g/mol. The first kappa shape index (κ1) is 65.0. The number of pyridine rings is 2. The van der Waals surface area contributed by atoms with E-state index in [2.05, 4.69) is 30.7 Å². The van der Waals surface area contributed by atoms with Gasteiger partial charge in [0.15, 0.2) is 11.5 Å². The largest absolute Gasteiger partial charge is 0.493 e. The summed E-state index contributed by atoms with van der Waals surface area (Å²) in [6, 6.07) is 15.1. The molecule has 0 atom stereocenters. The number of hydrogen-bond donors (Lipinski definition) is 0. The Morgan fingerprint density at radius 1 is 0.388 bits per heavy atom. The van der Waals surface area contributed by atoms with Crippen LogP contribution in [0.4, 0.5) is 8.78 Å². The van der Waals surface area contributed by atoms with Crippen LogP contribution in [0.15, 0.2) is 73.1 Å². The molecule has 2 aromatic heterocycles. The lowest BCUT2D eigenvalue weighted by Crippen LogP contribution is -2.10. The highest BCUT2D eigenvalue weighted by Crippen LogP contribution is 2.37. The van der Waals surface area contributed by atoms with Crippen LogP contribution >= 0.6 is 0 Å². The third kappa shape index (κ3) is 23.3. The van der Waals surface area contributed by atoms with E-state index in [0.717, 1.165) is 67.0 Å². The van der Waals surface area contributed by atoms with Gasteiger partial charge < -0.3 is 23.7 Å². The third-order valence-electron chi connectivity index (χ3n) is 14.9. The third-order valence-corrected chi connectivity index (χ3v) is 14.9. The van der Waals surface area contributed by atoms with Crippen molar-refractivity contribution >= 4 is 11.9 Å². The van der Waals surface area contributed by atoms with Crippen molar-refractivity contribution in [2.45, 2.75) is 234 Å². The van der Waals surface area contributed by atoms with E-state index >= 15 is 8.78 Å².